The van der Waals surface area contributed by atoms with Gasteiger partial charge in [-0.2, -0.15) is 0 Å². The molecule has 56 valence electrons. The highest BCUT2D eigenvalue weighted by atomic mass is 79.9. The summed E-state index contributed by atoms with van der Waals surface area (Å²) in [5, 5.41) is 0. The van der Waals surface area contributed by atoms with Crippen LogP contribution in [0, 0.1) is 0 Å². The lowest BCUT2D eigenvalue weighted by atomic mass is 10.3. The molecule has 0 aliphatic heterocycles. The topological polar surface area (TPSA) is 34.1 Å². The van der Waals surface area contributed by atoms with E-state index in [2.05, 4.69) is 31.9 Å². The lowest BCUT2D eigenvalue weighted by Gasteiger charge is -1.94. The highest BCUT2D eigenvalue weighted by Crippen LogP contribution is 2.19. The molecule has 0 aliphatic rings. The van der Waals surface area contributed by atoms with Crippen LogP contribution in [0.4, 0.5) is 0 Å². The molecule has 0 saturated carbocycles. The Balaban J connectivity index is 4.67. The third-order valence-corrected chi connectivity index (χ3v) is 3.25. The summed E-state index contributed by atoms with van der Waals surface area (Å²) in [7, 11) is 0. The number of allylic oxidation sites excluding steroid dienone is 2. The Morgan fingerprint density at radius 2 is 1.10 bits per heavy atom. The van der Waals surface area contributed by atoms with E-state index in [4.69, 9.17) is 0 Å². The van der Waals surface area contributed by atoms with Crippen molar-refractivity contribution in [3.8, 4) is 0 Å². The largest absolute Gasteiger partial charge is 0.294 e. The summed E-state index contributed by atoms with van der Waals surface area (Å²) in [5.74, 6) is -0.329. The Morgan fingerprint density at radius 1 is 0.900 bits per heavy atom. The van der Waals surface area contributed by atoms with Crippen molar-refractivity contribution in [1.29, 1.82) is 0 Å². The number of hydrogen-bond donors (Lipinski definition) is 0. The lowest BCUT2D eigenvalue weighted by molar-refractivity contribution is -0.115. The SMILES string of the molecule is CC(=O)/C(Br)=C(/Br)C(C)=O. The van der Waals surface area contributed by atoms with Gasteiger partial charge in [-0.15, -0.1) is 0 Å². The number of rotatable bonds is 2. The third-order valence-electron chi connectivity index (χ3n) is 0.811. The van der Waals surface area contributed by atoms with Crippen molar-refractivity contribution in [2.75, 3.05) is 0 Å². The fraction of sp³-hybridized carbons (Fsp3) is 0.333. The minimum absolute atomic E-state index is 0.165. The Bertz CT molecular complexity index is 184. The van der Waals surface area contributed by atoms with Crippen molar-refractivity contribution in [2.24, 2.45) is 0 Å². The molecule has 0 aromatic heterocycles. The Labute approximate surface area is 75.9 Å². The molecule has 0 heterocycles. The van der Waals surface area contributed by atoms with E-state index in [0.717, 1.165) is 0 Å². The minimum Gasteiger partial charge on any atom is -0.294 e. The van der Waals surface area contributed by atoms with Crippen molar-refractivity contribution in [3.05, 3.63) is 8.96 Å². The summed E-state index contributed by atoms with van der Waals surface area (Å²) in [4.78, 5) is 21.2. The van der Waals surface area contributed by atoms with Gasteiger partial charge in [0.2, 0.25) is 0 Å². The summed E-state index contributed by atoms with van der Waals surface area (Å²) in [6, 6.07) is 0. The van der Waals surface area contributed by atoms with E-state index >= 15 is 0 Å². The quantitative estimate of drug-likeness (QED) is 0.720. The molecule has 0 aliphatic carbocycles. The van der Waals surface area contributed by atoms with E-state index in [-0.39, 0.29) is 11.6 Å². The predicted octanol–water partition coefficient (Wildman–Crippen LogP) is 2.17. The van der Waals surface area contributed by atoms with Crippen LogP contribution in [0.5, 0.6) is 0 Å². The molecule has 0 rings (SSSR count). The van der Waals surface area contributed by atoms with Gasteiger partial charge >= 0.3 is 0 Å². The summed E-state index contributed by atoms with van der Waals surface area (Å²) in [6.07, 6.45) is 0. The summed E-state index contributed by atoms with van der Waals surface area (Å²) >= 11 is 5.94. The van der Waals surface area contributed by atoms with Gasteiger partial charge in [-0.05, 0) is 45.7 Å². The number of halogens is 2. The molecule has 0 radical (unpaired) electrons. The molecule has 10 heavy (non-hydrogen) atoms. The monoisotopic (exact) mass is 268 g/mol. The van der Waals surface area contributed by atoms with E-state index < -0.39 is 0 Å². The molecule has 0 N–H and O–H groups in total. The molecule has 0 bridgehead atoms. The van der Waals surface area contributed by atoms with E-state index in [1.54, 1.807) is 0 Å². The zero-order valence-corrected chi connectivity index (χ0v) is 8.74. The number of carbonyl (C=O) groups is 2. The third kappa shape index (κ3) is 2.75. The van der Waals surface area contributed by atoms with Gasteiger partial charge in [0.25, 0.3) is 0 Å². The first kappa shape index (κ1) is 10.0. The van der Waals surface area contributed by atoms with E-state index in [1.165, 1.54) is 13.8 Å². The highest BCUT2D eigenvalue weighted by Gasteiger charge is 2.08. The van der Waals surface area contributed by atoms with Crippen molar-refractivity contribution >= 4 is 43.4 Å². The summed E-state index contributed by atoms with van der Waals surface area (Å²) in [6.45, 7) is 2.77. The fourth-order valence-electron chi connectivity index (χ4n) is 0.309. The van der Waals surface area contributed by atoms with Gasteiger partial charge in [-0.1, -0.05) is 0 Å². The second-order valence-corrected chi connectivity index (χ2v) is 3.33. The molecule has 0 aromatic rings. The van der Waals surface area contributed by atoms with Gasteiger partial charge in [0.1, 0.15) is 0 Å². The Hall–Kier alpha value is 0.0400. The molecule has 0 saturated heterocycles. The number of hydrogen-bond acceptors (Lipinski definition) is 2. The normalized spacial score (nSPS) is 12.4. The zero-order valence-electron chi connectivity index (χ0n) is 5.57. The smallest absolute Gasteiger partial charge is 0.168 e. The van der Waals surface area contributed by atoms with Crippen molar-refractivity contribution < 1.29 is 9.59 Å². The fourth-order valence-corrected chi connectivity index (χ4v) is 0.867. The van der Waals surface area contributed by atoms with Crippen molar-refractivity contribution in [2.45, 2.75) is 13.8 Å². The van der Waals surface area contributed by atoms with Gasteiger partial charge < -0.3 is 0 Å². The van der Waals surface area contributed by atoms with Crippen LogP contribution in [0.25, 0.3) is 0 Å². The predicted molar refractivity (Wildman–Crippen MR) is 46.2 cm³/mol. The van der Waals surface area contributed by atoms with Crippen LogP contribution in [-0.4, -0.2) is 11.6 Å². The first-order valence-electron chi connectivity index (χ1n) is 2.54. The number of carbonyl (C=O) groups excluding carboxylic acids is 2. The van der Waals surface area contributed by atoms with Gasteiger partial charge in [0, 0.05) is 0 Å². The average molecular weight is 270 g/mol. The van der Waals surface area contributed by atoms with Crippen LogP contribution in [0.3, 0.4) is 0 Å². The number of ketones is 2. The van der Waals surface area contributed by atoms with Gasteiger partial charge in [-0.25, -0.2) is 0 Å². The summed E-state index contributed by atoms with van der Waals surface area (Å²) in [5.41, 5.74) is 0. The maximum absolute atomic E-state index is 10.6. The first-order chi connectivity index (χ1) is 4.46. The van der Waals surface area contributed by atoms with Crippen LogP contribution in [0.15, 0.2) is 8.96 Å². The second kappa shape index (κ2) is 4.03. The molecule has 0 fully saturated rings. The maximum Gasteiger partial charge on any atom is 0.168 e. The van der Waals surface area contributed by atoms with Gasteiger partial charge in [-0.3, -0.25) is 9.59 Å². The molecular formula is C6H6Br2O2. The van der Waals surface area contributed by atoms with E-state index in [9.17, 15) is 9.59 Å². The van der Waals surface area contributed by atoms with Crippen LogP contribution in [0.2, 0.25) is 0 Å². The van der Waals surface area contributed by atoms with Gasteiger partial charge in [0.05, 0.1) is 8.96 Å². The average Bonchev–Trinajstić information content (AvgIpc) is 1.84. The van der Waals surface area contributed by atoms with Crippen LogP contribution in [-0.2, 0) is 9.59 Å². The molecule has 0 amide bonds. The molecule has 0 atom stereocenters. The lowest BCUT2D eigenvalue weighted by Crippen LogP contribution is -1.97. The van der Waals surface area contributed by atoms with Crippen LogP contribution < -0.4 is 0 Å². The minimum atomic E-state index is -0.165. The molecule has 4 heteroatoms. The van der Waals surface area contributed by atoms with Crippen LogP contribution in [0.1, 0.15) is 13.8 Å². The number of Topliss-reactive ketones (excluding diaryl/α,β-unsaturated/α-hetero) is 2. The van der Waals surface area contributed by atoms with Gasteiger partial charge in [0.15, 0.2) is 11.6 Å². The van der Waals surface area contributed by atoms with Crippen LogP contribution >= 0.6 is 31.9 Å². The van der Waals surface area contributed by atoms with E-state index in [1.807, 2.05) is 0 Å². The van der Waals surface area contributed by atoms with E-state index in [0.29, 0.717) is 8.96 Å². The molecule has 0 aromatic carbocycles. The molecule has 0 unspecified atom stereocenters. The van der Waals surface area contributed by atoms with Crippen molar-refractivity contribution in [1.82, 2.24) is 0 Å². The molecule has 0 spiro atoms. The van der Waals surface area contributed by atoms with Crippen molar-refractivity contribution in [3.63, 3.8) is 0 Å². The Kier molecular flexibility index (Phi) is 4.05. The first-order valence-corrected chi connectivity index (χ1v) is 4.12. The molecule has 2 nitrogen and oxygen atoms in total. The Morgan fingerprint density at radius 3 is 1.20 bits per heavy atom. The standard InChI is InChI=1S/C6H6Br2O2/c1-3(9)5(7)6(8)4(2)10/h1-2H3/b6-5-. The maximum atomic E-state index is 10.6. The highest BCUT2D eigenvalue weighted by molar-refractivity contribution is 9.14. The second-order valence-electron chi connectivity index (χ2n) is 1.74. The summed E-state index contributed by atoms with van der Waals surface area (Å²) < 4.78 is 0.583. The molecular weight excluding hydrogens is 264 g/mol. The zero-order chi connectivity index (χ0) is 8.31.